The van der Waals surface area contributed by atoms with Gasteiger partial charge in [-0.05, 0) is 32.4 Å². The van der Waals surface area contributed by atoms with E-state index < -0.39 is 0 Å². The van der Waals surface area contributed by atoms with Crippen molar-refractivity contribution in [2.24, 2.45) is 0 Å². The average molecular weight is 253 g/mol. The molecule has 1 aromatic heterocycles. The van der Waals surface area contributed by atoms with Gasteiger partial charge >= 0.3 is 0 Å². The predicted octanol–water partition coefficient (Wildman–Crippen LogP) is 2.63. The molecule has 0 unspecified atom stereocenters. The fourth-order valence-electron chi connectivity index (χ4n) is 2.02. The number of nitrogens with one attached hydrogen (secondary N) is 1. The van der Waals surface area contributed by atoms with Crippen molar-refractivity contribution in [1.29, 1.82) is 0 Å². The molecule has 1 aliphatic carbocycles. The Balaban J connectivity index is 1.80. The van der Waals surface area contributed by atoms with Gasteiger partial charge in [-0.3, -0.25) is 4.90 Å². The Morgan fingerprint density at radius 3 is 2.94 bits per heavy atom. The SMILES string of the molecule is CCCNCc1nc(CN(CC)C2CC2)cs1. The fourth-order valence-corrected chi connectivity index (χ4v) is 2.78. The predicted molar refractivity (Wildman–Crippen MR) is 73.2 cm³/mol. The van der Waals surface area contributed by atoms with Crippen LogP contribution in [0.1, 0.15) is 43.8 Å². The molecule has 0 atom stereocenters. The van der Waals surface area contributed by atoms with E-state index in [0.717, 1.165) is 32.2 Å². The van der Waals surface area contributed by atoms with E-state index in [1.54, 1.807) is 11.3 Å². The Morgan fingerprint density at radius 2 is 2.29 bits per heavy atom. The van der Waals surface area contributed by atoms with Gasteiger partial charge in [0.25, 0.3) is 0 Å². The summed E-state index contributed by atoms with van der Waals surface area (Å²) >= 11 is 1.78. The van der Waals surface area contributed by atoms with E-state index in [9.17, 15) is 0 Å². The van der Waals surface area contributed by atoms with Gasteiger partial charge in [-0.15, -0.1) is 11.3 Å². The van der Waals surface area contributed by atoms with E-state index in [4.69, 9.17) is 4.98 Å². The molecule has 1 heterocycles. The highest BCUT2D eigenvalue weighted by Gasteiger charge is 2.28. The van der Waals surface area contributed by atoms with Gasteiger partial charge in [-0.25, -0.2) is 4.98 Å². The van der Waals surface area contributed by atoms with Gasteiger partial charge in [-0.1, -0.05) is 13.8 Å². The minimum absolute atomic E-state index is 0.836. The zero-order valence-corrected chi connectivity index (χ0v) is 11.7. The molecule has 0 amide bonds. The zero-order chi connectivity index (χ0) is 12.1. The second-order valence-corrected chi connectivity index (χ2v) is 5.65. The maximum absolute atomic E-state index is 4.69. The molecule has 0 bridgehead atoms. The van der Waals surface area contributed by atoms with E-state index in [1.807, 2.05) is 0 Å². The minimum Gasteiger partial charge on any atom is -0.310 e. The van der Waals surface area contributed by atoms with Crippen LogP contribution in [0.25, 0.3) is 0 Å². The van der Waals surface area contributed by atoms with Crippen LogP contribution in [0.3, 0.4) is 0 Å². The molecular weight excluding hydrogens is 230 g/mol. The number of rotatable bonds is 8. The van der Waals surface area contributed by atoms with Crippen molar-refractivity contribution in [3.05, 3.63) is 16.1 Å². The number of hydrogen-bond acceptors (Lipinski definition) is 4. The first-order chi connectivity index (χ1) is 8.33. The maximum atomic E-state index is 4.69. The Hall–Kier alpha value is -0.450. The van der Waals surface area contributed by atoms with Crippen molar-refractivity contribution < 1.29 is 0 Å². The Morgan fingerprint density at radius 1 is 1.47 bits per heavy atom. The van der Waals surface area contributed by atoms with Crippen molar-refractivity contribution in [3.8, 4) is 0 Å². The highest BCUT2D eigenvalue weighted by molar-refractivity contribution is 7.09. The van der Waals surface area contributed by atoms with Crippen LogP contribution in [0.5, 0.6) is 0 Å². The first kappa shape index (κ1) is 13.0. The molecule has 0 radical (unpaired) electrons. The molecular formula is C13H23N3S. The van der Waals surface area contributed by atoms with Gasteiger partial charge in [0.05, 0.1) is 5.69 Å². The van der Waals surface area contributed by atoms with Gasteiger partial charge in [0.2, 0.25) is 0 Å². The van der Waals surface area contributed by atoms with Crippen molar-refractivity contribution in [2.45, 2.75) is 52.2 Å². The Bertz CT molecular complexity index is 333. The monoisotopic (exact) mass is 253 g/mol. The van der Waals surface area contributed by atoms with Gasteiger partial charge in [0.15, 0.2) is 0 Å². The standard InChI is InChI=1S/C13H23N3S/c1-3-7-14-8-13-15-11(10-17-13)9-16(4-2)12-5-6-12/h10,12,14H,3-9H2,1-2H3. The molecule has 1 saturated carbocycles. The van der Waals surface area contributed by atoms with Crippen molar-refractivity contribution in [2.75, 3.05) is 13.1 Å². The molecule has 2 rings (SSSR count). The molecule has 96 valence electrons. The number of aromatic nitrogens is 1. The van der Waals surface area contributed by atoms with Gasteiger partial charge in [0, 0.05) is 24.5 Å². The van der Waals surface area contributed by atoms with Crippen LogP contribution in [-0.4, -0.2) is 29.0 Å². The van der Waals surface area contributed by atoms with Crippen LogP contribution in [0, 0.1) is 0 Å². The maximum Gasteiger partial charge on any atom is 0.107 e. The summed E-state index contributed by atoms with van der Waals surface area (Å²) in [6.07, 6.45) is 3.94. The third-order valence-corrected chi connectivity index (χ3v) is 4.03. The van der Waals surface area contributed by atoms with E-state index >= 15 is 0 Å². The molecule has 0 spiro atoms. The second-order valence-electron chi connectivity index (χ2n) is 4.70. The molecule has 17 heavy (non-hydrogen) atoms. The third kappa shape index (κ3) is 4.05. The van der Waals surface area contributed by atoms with Gasteiger partial charge < -0.3 is 5.32 Å². The number of hydrogen-bond donors (Lipinski definition) is 1. The quantitative estimate of drug-likeness (QED) is 0.722. The van der Waals surface area contributed by atoms with E-state index in [-0.39, 0.29) is 0 Å². The second kappa shape index (κ2) is 6.47. The van der Waals surface area contributed by atoms with Gasteiger partial charge in [-0.2, -0.15) is 0 Å². The van der Waals surface area contributed by atoms with E-state index in [1.165, 1.54) is 30.0 Å². The zero-order valence-electron chi connectivity index (χ0n) is 10.9. The summed E-state index contributed by atoms with van der Waals surface area (Å²) in [7, 11) is 0. The smallest absolute Gasteiger partial charge is 0.107 e. The summed E-state index contributed by atoms with van der Waals surface area (Å²) < 4.78 is 0. The van der Waals surface area contributed by atoms with Crippen LogP contribution in [0.4, 0.5) is 0 Å². The van der Waals surface area contributed by atoms with Crippen LogP contribution in [0.2, 0.25) is 0 Å². The summed E-state index contributed by atoms with van der Waals surface area (Å²) in [5, 5.41) is 6.84. The lowest BCUT2D eigenvalue weighted by molar-refractivity contribution is 0.266. The molecule has 1 aromatic rings. The summed E-state index contributed by atoms with van der Waals surface area (Å²) in [6, 6.07) is 0.836. The van der Waals surface area contributed by atoms with Crippen LogP contribution in [0.15, 0.2) is 5.38 Å². The van der Waals surface area contributed by atoms with Crippen LogP contribution < -0.4 is 5.32 Å². The minimum atomic E-state index is 0.836. The molecule has 1 aliphatic rings. The van der Waals surface area contributed by atoms with Crippen LogP contribution >= 0.6 is 11.3 Å². The molecule has 0 aliphatic heterocycles. The average Bonchev–Trinajstić information content (AvgIpc) is 3.08. The molecule has 1 fully saturated rings. The first-order valence-corrected chi connectivity index (χ1v) is 7.59. The molecule has 3 nitrogen and oxygen atoms in total. The number of thiazole rings is 1. The highest BCUT2D eigenvalue weighted by Crippen LogP contribution is 2.28. The normalized spacial score (nSPS) is 15.7. The van der Waals surface area contributed by atoms with Crippen molar-refractivity contribution >= 4 is 11.3 Å². The summed E-state index contributed by atoms with van der Waals surface area (Å²) in [5.41, 5.74) is 1.25. The van der Waals surface area contributed by atoms with E-state index in [2.05, 4.69) is 29.4 Å². The lowest BCUT2D eigenvalue weighted by Gasteiger charge is -2.17. The van der Waals surface area contributed by atoms with Gasteiger partial charge in [0.1, 0.15) is 5.01 Å². The van der Waals surface area contributed by atoms with Crippen molar-refractivity contribution in [1.82, 2.24) is 15.2 Å². The number of nitrogens with zero attached hydrogens (tertiary/aromatic N) is 2. The topological polar surface area (TPSA) is 28.2 Å². The fraction of sp³-hybridized carbons (Fsp3) is 0.769. The lowest BCUT2D eigenvalue weighted by atomic mass is 10.4. The highest BCUT2D eigenvalue weighted by atomic mass is 32.1. The van der Waals surface area contributed by atoms with Crippen molar-refractivity contribution in [3.63, 3.8) is 0 Å². The third-order valence-electron chi connectivity index (χ3n) is 3.14. The van der Waals surface area contributed by atoms with Crippen LogP contribution in [-0.2, 0) is 13.1 Å². The summed E-state index contributed by atoms with van der Waals surface area (Å²) in [6.45, 7) is 8.62. The Labute approximate surface area is 108 Å². The largest absolute Gasteiger partial charge is 0.310 e. The lowest BCUT2D eigenvalue weighted by Crippen LogP contribution is -2.25. The summed E-state index contributed by atoms with van der Waals surface area (Å²) in [5.74, 6) is 0. The molecule has 0 saturated heterocycles. The first-order valence-electron chi connectivity index (χ1n) is 6.71. The molecule has 1 N–H and O–H groups in total. The van der Waals surface area contributed by atoms with E-state index in [0.29, 0.717) is 0 Å². The summed E-state index contributed by atoms with van der Waals surface area (Å²) in [4.78, 5) is 7.23. The Kier molecular flexibility index (Phi) is 4.95. The molecule has 4 heteroatoms. The molecule has 0 aromatic carbocycles.